The second-order valence-corrected chi connectivity index (χ2v) is 14.6. The fourth-order valence-corrected chi connectivity index (χ4v) is 8.83. The molecule has 3 unspecified atom stereocenters. The summed E-state index contributed by atoms with van der Waals surface area (Å²) < 4.78 is 6.14. The van der Waals surface area contributed by atoms with Crippen molar-refractivity contribution in [2.45, 2.75) is 126 Å². The third kappa shape index (κ3) is 4.62. The Balaban J connectivity index is 1.53. The van der Waals surface area contributed by atoms with E-state index < -0.39 is 5.41 Å². The number of rotatable bonds is 4. The van der Waals surface area contributed by atoms with Crippen molar-refractivity contribution < 1.29 is 14.6 Å². The lowest BCUT2D eigenvalue weighted by molar-refractivity contribution is -0.180. The van der Waals surface area contributed by atoms with Crippen molar-refractivity contribution in [3.05, 3.63) is 28.3 Å². The number of benzene rings is 1. The van der Waals surface area contributed by atoms with Crippen molar-refractivity contribution in [1.82, 2.24) is 0 Å². The van der Waals surface area contributed by atoms with Crippen molar-refractivity contribution in [2.24, 2.45) is 40.4 Å². The summed E-state index contributed by atoms with van der Waals surface area (Å²) in [6.07, 6.45) is 9.83. The maximum atomic E-state index is 13.8. The van der Waals surface area contributed by atoms with Crippen molar-refractivity contribution in [1.29, 1.82) is 0 Å². The second-order valence-electron chi connectivity index (χ2n) is 14.6. The van der Waals surface area contributed by atoms with Crippen LogP contribution in [0.15, 0.2) is 6.07 Å². The van der Waals surface area contributed by atoms with Gasteiger partial charge in [0.2, 0.25) is 0 Å². The normalized spacial score (nSPS) is 34.7. The number of aryl methyl sites for hydroxylation is 1. The maximum absolute atomic E-state index is 13.8. The van der Waals surface area contributed by atoms with Gasteiger partial charge in [-0.2, -0.15) is 0 Å². The lowest BCUT2D eigenvalue weighted by Crippen LogP contribution is -2.56. The highest BCUT2D eigenvalue weighted by atomic mass is 16.5. The largest absolute Gasteiger partial charge is 0.507 e. The van der Waals surface area contributed by atoms with Crippen LogP contribution in [0.4, 0.5) is 0 Å². The molecular weight excluding hydrogens is 444 g/mol. The Morgan fingerprint density at radius 3 is 2.44 bits per heavy atom. The standard InChI is InChI=1S/C33H52O3/c1-20(2)23-11-13-26-24(18-23)12-14-28-32(26,8)15-10-16-33(28,9)30(35)36-19-25-21(3)17-27(31(5,6)7)29(34)22(25)4/h17,20,23-24,26,28,34H,10-16,18-19H2,1-9H3/t23?,24?,26-,28?,32+,33+/m0/s1. The van der Waals surface area contributed by atoms with Crippen LogP contribution in [0.2, 0.25) is 0 Å². The number of phenolic OH excluding ortho intramolecular Hbond substituents is 1. The van der Waals surface area contributed by atoms with Gasteiger partial charge >= 0.3 is 5.97 Å². The number of carbonyl (C=O) groups excluding carboxylic acids is 1. The molecule has 202 valence electrons. The van der Waals surface area contributed by atoms with Gasteiger partial charge in [-0.1, -0.05) is 54.0 Å². The summed E-state index contributed by atoms with van der Waals surface area (Å²) >= 11 is 0. The molecule has 3 heteroatoms. The van der Waals surface area contributed by atoms with Gasteiger partial charge in [-0.05, 0) is 128 Å². The van der Waals surface area contributed by atoms with E-state index in [1.807, 2.05) is 6.92 Å². The summed E-state index contributed by atoms with van der Waals surface area (Å²) in [6.45, 7) is 20.1. The van der Waals surface area contributed by atoms with Gasteiger partial charge in [0, 0.05) is 0 Å². The summed E-state index contributed by atoms with van der Waals surface area (Å²) in [5.41, 5.74) is 3.52. The summed E-state index contributed by atoms with van der Waals surface area (Å²) in [5.74, 6) is 3.97. The molecule has 0 heterocycles. The van der Waals surface area contributed by atoms with Crippen LogP contribution in [-0.4, -0.2) is 11.1 Å². The number of fused-ring (bicyclic) bond motifs is 3. The number of ether oxygens (including phenoxy) is 1. The highest BCUT2D eigenvalue weighted by Crippen LogP contribution is 2.64. The SMILES string of the molecule is Cc1cc(C(C)(C)C)c(O)c(C)c1COC(=O)[C@]1(C)CCC[C@@]2(C)C1CCC1CC(C(C)C)CC[C@@H]12. The molecule has 0 amide bonds. The number of hydrogen-bond donors (Lipinski definition) is 1. The van der Waals surface area contributed by atoms with Crippen LogP contribution in [0.5, 0.6) is 5.75 Å². The van der Waals surface area contributed by atoms with Crippen molar-refractivity contribution in [3.63, 3.8) is 0 Å². The smallest absolute Gasteiger partial charge is 0.312 e. The van der Waals surface area contributed by atoms with Crippen LogP contribution in [0.3, 0.4) is 0 Å². The monoisotopic (exact) mass is 496 g/mol. The fourth-order valence-electron chi connectivity index (χ4n) is 8.83. The van der Waals surface area contributed by atoms with Crippen LogP contribution < -0.4 is 0 Å². The van der Waals surface area contributed by atoms with Gasteiger partial charge in [0.05, 0.1) is 5.41 Å². The first-order valence-electron chi connectivity index (χ1n) is 14.7. The molecule has 1 aromatic carbocycles. The molecule has 0 radical (unpaired) electrons. The number of carbonyl (C=O) groups is 1. The Morgan fingerprint density at radius 2 is 1.81 bits per heavy atom. The number of hydrogen-bond acceptors (Lipinski definition) is 3. The zero-order valence-electron chi connectivity index (χ0n) is 24.6. The Labute approximate surface area is 220 Å². The molecule has 0 aromatic heterocycles. The van der Waals surface area contributed by atoms with Gasteiger partial charge in [0.15, 0.2) is 0 Å². The molecule has 3 saturated carbocycles. The first kappa shape index (κ1) is 27.5. The van der Waals surface area contributed by atoms with Gasteiger partial charge in [-0.15, -0.1) is 0 Å². The minimum absolute atomic E-state index is 0.0223. The molecule has 0 aliphatic heterocycles. The molecule has 3 aliphatic rings. The van der Waals surface area contributed by atoms with Gasteiger partial charge in [0.1, 0.15) is 12.4 Å². The molecule has 36 heavy (non-hydrogen) atoms. The summed E-state index contributed by atoms with van der Waals surface area (Å²) in [7, 11) is 0. The van der Waals surface area contributed by atoms with Crippen LogP contribution in [-0.2, 0) is 21.6 Å². The molecule has 3 aliphatic carbocycles. The van der Waals surface area contributed by atoms with Gasteiger partial charge in [0.25, 0.3) is 0 Å². The van der Waals surface area contributed by atoms with Crippen molar-refractivity contribution in [3.8, 4) is 5.75 Å². The number of esters is 1. The summed E-state index contributed by atoms with van der Waals surface area (Å²) in [6, 6.07) is 2.07. The molecule has 0 bridgehead atoms. The molecule has 3 nitrogen and oxygen atoms in total. The highest BCUT2D eigenvalue weighted by molar-refractivity contribution is 5.77. The van der Waals surface area contributed by atoms with E-state index in [2.05, 4.69) is 61.5 Å². The molecule has 3 fully saturated rings. The molecule has 4 rings (SSSR count). The second kappa shape index (κ2) is 9.66. The molecular formula is C33H52O3. The molecule has 1 N–H and O–H groups in total. The third-order valence-electron chi connectivity index (χ3n) is 11.1. The van der Waals surface area contributed by atoms with E-state index in [1.54, 1.807) is 0 Å². The Bertz CT molecular complexity index is 986. The highest BCUT2D eigenvalue weighted by Gasteiger charge is 2.59. The zero-order valence-corrected chi connectivity index (χ0v) is 24.6. The number of aromatic hydroxyl groups is 1. The van der Waals surface area contributed by atoms with Crippen molar-refractivity contribution >= 4 is 5.97 Å². The minimum atomic E-state index is -0.415. The fraction of sp³-hybridized carbons (Fsp3) is 0.788. The lowest BCUT2D eigenvalue weighted by Gasteiger charge is -2.61. The van der Waals surface area contributed by atoms with Crippen molar-refractivity contribution in [2.75, 3.05) is 0 Å². The summed E-state index contributed by atoms with van der Waals surface area (Å²) in [5, 5.41) is 10.9. The van der Waals surface area contributed by atoms with Gasteiger partial charge in [-0.3, -0.25) is 4.79 Å². The molecule has 6 atom stereocenters. The van der Waals surface area contributed by atoms with Crippen LogP contribution in [0, 0.1) is 54.3 Å². The average molecular weight is 497 g/mol. The predicted octanol–water partition coefficient (Wildman–Crippen LogP) is 8.64. The molecule has 1 aromatic rings. The average Bonchev–Trinajstić information content (AvgIpc) is 2.79. The first-order valence-corrected chi connectivity index (χ1v) is 14.7. The van der Waals surface area contributed by atoms with E-state index in [9.17, 15) is 9.90 Å². The zero-order chi connectivity index (χ0) is 26.6. The van der Waals surface area contributed by atoms with E-state index in [-0.39, 0.29) is 23.4 Å². The van der Waals surface area contributed by atoms with E-state index in [0.29, 0.717) is 11.7 Å². The molecule has 0 saturated heterocycles. The van der Waals surface area contributed by atoms with E-state index in [1.165, 1.54) is 32.1 Å². The first-order chi connectivity index (χ1) is 16.7. The van der Waals surface area contributed by atoms with Gasteiger partial charge < -0.3 is 9.84 Å². The summed E-state index contributed by atoms with van der Waals surface area (Å²) in [4.78, 5) is 13.8. The van der Waals surface area contributed by atoms with Crippen LogP contribution in [0.25, 0.3) is 0 Å². The van der Waals surface area contributed by atoms with E-state index in [0.717, 1.165) is 65.2 Å². The van der Waals surface area contributed by atoms with Crippen LogP contribution >= 0.6 is 0 Å². The number of phenols is 1. The quantitative estimate of drug-likeness (QED) is 0.424. The Morgan fingerprint density at radius 1 is 1.11 bits per heavy atom. The Hall–Kier alpha value is -1.51. The maximum Gasteiger partial charge on any atom is 0.312 e. The van der Waals surface area contributed by atoms with E-state index >= 15 is 0 Å². The third-order valence-corrected chi connectivity index (χ3v) is 11.1. The van der Waals surface area contributed by atoms with Gasteiger partial charge in [-0.25, -0.2) is 0 Å². The van der Waals surface area contributed by atoms with Crippen LogP contribution in [0.1, 0.15) is 122 Å². The Kier molecular flexibility index (Phi) is 7.39. The van der Waals surface area contributed by atoms with E-state index in [4.69, 9.17) is 4.74 Å². The lowest BCUT2D eigenvalue weighted by atomic mass is 9.43. The predicted molar refractivity (Wildman–Crippen MR) is 148 cm³/mol. The minimum Gasteiger partial charge on any atom is -0.507 e. The topological polar surface area (TPSA) is 46.5 Å². The molecule has 0 spiro atoms.